The first-order valence-electron chi connectivity index (χ1n) is 19.3. The number of piperidine rings is 1. The second-order valence-corrected chi connectivity index (χ2v) is 14.2. The minimum absolute atomic E-state index is 0.0204. The topological polar surface area (TPSA) is 106 Å². The van der Waals surface area contributed by atoms with Crippen LogP contribution >= 0.6 is 0 Å². The largest absolute Gasteiger partial charge is 0.494 e. The van der Waals surface area contributed by atoms with Gasteiger partial charge in [0.15, 0.2) is 17.5 Å². The third-order valence-corrected chi connectivity index (χ3v) is 10.4. The Morgan fingerprint density at radius 1 is 0.825 bits per heavy atom. The Morgan fingerprint density at radius 3 is 2.04 bits per heavy atom. The highest BCUT2D eigenvalue weighted by Crippen LogP contribution is 2.44. The number of halogens is 1. The Hall–Kier alpha value is -6.59. The van der Waals surface area contributed by atoms with Gasteiger partial charge in [0.25, 0.3) is 0 Å². The fraction of sp³-hybridized carbons (Fsp3) is 0.217. The molecular formula is C46H44FN7O3. The van der Waals surface area contributed by atoms with E-state index < -0.39 is 11.4 Å². The van der Waals surface area contributed by atoms with Crippen molar-refractivity contribution in [3.8, 4) is 11.8 Å². The zero-order valence-corrected chi connectivity index (χ0v) is 31.9. The molecule has 0 aliphatic carbocycles. The van der Waals surface area contributed by atoms with Crippen LogP contribution in [-0.4, -0.2) is 63.4 Å². The molecule has 1 aliphatic heterocycles. The average molecular weight is 762 g/mol. The smallest absolute Gasteiger partial charge is 0.318 e. The molecule has 8 rings (SSSR count). The summed E-state index contributed by atoms with van der Waals surface area (Å²) >= 11 is 0. The summed E-state index contributed by atoms with van der Waals surface area (Å²) in [5, 5.41) is 12.2. The monoisotopic (exact) mass is 761 g/mol. The highest BCUT2D eigenvalue weighted by molar-refractivity contribution is 6.02. The van der Waals surface area contributed by atoms with E-state index in [-0.39, 0.29) is 30.3 Å². The number of nitrogens with one attached hydrogen (secondary N) is 2. The van der Waals surface area contributed by atoms with Gasteiger partial charge in [-0.25, -0.2) is 14.1 Å². The molecule has 0 bridgehead atoms. The number of hydrogen-bond donors (Lipinski definition) is 2. The van der Waals surface area contributed by atoms with Crippen LogP contribution in [0.5, 0.6) is 11.8 Å². The number of nitrogens with zero attached hydrogens (tertiary/aromatic N) is 5. The second-order valence-electron chi connectivity index (χ2n) is 14.2. The molecule has 0 unspecified atom stereocenters. The van der Waals surface area contributed by atoms with E-state index in [1.165, 1.54) is 0 Å². The molecule has 11 heteroatoms. The van der Waals surface area contributed by atoms with Gasteiger partial charge in [0, 0.05) is 24.2 Å². The van der Waals surface area contributed by atoms with Crippen LogP contribution in [0.1, 0.15) is 42.0 Å². The number of carbonyl (C=O) groups is 1. The van der Waals surface area contributed by atoms with Gasteiger partial charge >= 0.3 is 6.01 Å². The van der Waals surface area contributed by atoms with Gasteiger partial charge in [0.2, 0.25) is 5.91 Å². The molecule has 1 saturated heterocycles. The Bertz CT molecular complexity index is 2340. The number of likely N-dealkylation sites (tertiary alicyclic amines) is 1. The molecule has 2 aromatic heterocycles. The Kier molecular flexibility index (Phi) is 10.9. The maximum Gasteiger partial charge on any atom is 0.318 e. The fourth-order valence-electron chi connectivity index (χ4n) is 7.56. The summed E-state index contributed by atoms with van der Waals surface area (Å²) in [6.07, 6.45) is 2.87. The van der Waals surface area contributed by atoms with E-state index in [4.69, 9.17) is 14.6 Å². The number of aromatic nitrogens is 4. The first-order chi connectivity index (χ1) is 27.9. The second kappa shape index (κ2) is 16.6. The van der Waals surface area contributed by atoms with Gasteiger partial charge in [-0.15, -0.1) is 0 Å². The molecule has 288 valence electrons. The van der Waals surface area contributed by atoms with Gasteiger partial charge in [0.1, 0.15) is 17.4 Å². The van der Waals surface area contributed by atoms with E-state index in [1.807, 2.05) is 109 Å². The zero-order chi connectivity index (χ0) is 39.2. The van der Waals surface area contributed by atoms with Crippen LogP contribution in [0.4, 0.5) is 21.7 Å². The van der Waals surface area contributed by atoms with Crippen LogP contribution < -0.4 is 20.1 Å². The molecule has 57 heavy (non-hydrogen) atoms. The lowest BCUT2D eigenvalue weighted by atomic mass is 9.77. The van der Waals surface area contributed by atoms with Crippen LogP contribution in [0.15, 0.2) is 140 Å². The summed E-state index contributed by atoms with van der Waals surface area (Å²) in [5.74, 6) is 0.207. The van der Waals surface area contributed by atoms with Crippen molar-refractivity contribution in [3.63, 3.8) is 0 Å². The molecule has 1 aliphatic rings. The van der Waals surface area contributed by atoms with E-state index in [2.05, 4.69) is 68.9 Å². The third kappa shape index (κ3) is 7.92. The maximum absolute atomic E-state index is 15.3. The lowest BCUT2D eigenvalue weighted by Gasteiger charge is -2.37. The number of ether oxygens (including phenoxy) is 2. The highest BCUT2D eigenvalue weighted by atomic mass is 19.1. The molecule has 1 amide bonds. The average Bonchev–Trinajstić information content (AvgIpc) is 3.59. The van der Waals surface area contributed by atoms with Crippen molar-refractivity contribution in [2.24, 2.45) is 0 Å². The van der Waals surface area contributed by atoms with E-state index >= 15 is 4.39 Å². The van der Waals surface area contributed by atoms with Crippen molar-refractivity contribution in [1.29, 1.82) is 0 Å². The van der Waals surface area contributed by atoms with Crippen LogP contribution in [0, 0.1) is 5.82 Å². The van der Waals surface area contributed by atoms with Crippen molar-refractivity contribution in [1.82, 2.24) is 24.6 Å². The fourth-order valence-corrected chi connectivity index (χ4v) is 7.56. The highest BCUT2D eigenvalue weighted by Gasteiger charge is 2.41. The molecular weight excluding hydrogens is 718 g/mol. The molecule has 0 radical (unpaired) electrons. The Labute approximate surface area is 331 Å². The van der Waals surface area contributed by atoms with Gasteiger partial charge in [-0.3, -0.25) is 4.79 Å². The lowest BCUT2D eigenvalue weighted by Crippen LogP contribution is -2.38. The predicted molar refractivity (Wildman–Crippen MR) is 221 cm³/mol. The number of benzene rings is 5. The van der Waals surface area contributed by atoms with Crippen LogP contribution in [0.2, 0.25) is 0 Å². The Morgan fingerprint density at radius 2 is 1.44 bits per heavy atom. The molecule has 3 heterocycles. The van der Waals surface area contributed by atoms with Crippen molar-refractivity contribution < 1.29 is 18.7 Å². The van der Waals surface area contributed by atoms with Gasteiger partial charge in [-0.05, 0) is 79.4 Å². The summed E-state index contributed by atoms with van der Waals surface area (Å²) in [6.45, 7) is 4.30. The lowest BCUT2D eigenvalue weighted by molar-refractivity contribution is -0.115. The SMILES string of the molecule is CCOc1ccc(CC(=O)Nc2nn(C(c3ccccc3)(c3ccccc3)c3ccccc3)c3ccc(Nc4nc(OC5CCN(C)CC5)ncc4F)cc23)cc1. The van der Waals surface area contributed by atoms with E-state index in [9.17, 15) is 4.79 Å². The first kappa shape index (κ1) is 37.3. The number of fused-ring (bicyclic) bond motifs is 1. The van der Waals surface area contributed by atoms with Crippen molar-refractivity contribution in [2.75, 3.05) is 37.4 Å². The summed E-state index contributed by atoms with van der Waals surface area (Å²) in [4.78, 5) is 24.7. The van der Waals surface area contributed by atoms with Crippen molar-refractivity contribution in [3.05, 3.63) is 168 Å². The van der Waals surface area contributed by atoms with Gasteiger partial charge in [-0.2, -0.15) is 10.1 Å². The quantitative estimate of drug-likeness (QED) is 0.113. The third-order valence-electron chi connectivity index (χ3n) is 10.4. The molecule has 1 fully saturated rings. The van der Waals surface area contributed by atoms with Gasteiger partial charge in [-0.1, -0.05) is 103 Å². The number of carbonyl (C=O) groups excluding carboxylic acids is 1. The van der Waals surface area contributed by atoms with Gasteiger partial charge < -0.3 is 25.0 Å². The summed E-state index contributed by atoms with van der Waals surface area (Å²) < 4.78 is 29.0. The molecule has 2 N–H and O–H groups in total. The number of anilines is 3. The van der Waals surface area contributed by atoms with E-state index in [0.29, 0.717) is 23.5 Å². The number of amides is 1. The molecule has 5 aromatic carbocycles. The van der Waals surface area contributed by atoms with Crippen LogP contribution in [0.3, 0.4) is 0 Å². The summed E-state index contributed by atoms with van der Waals surface area (Å²) in [7, 11) is 2.08. The number of hydrogen-bond acceptors (Lipinski definition) is 8. The first-order valence-corrected chi connectivity index (χ1v) is 19.3. The molecule has 0 atom stereocenters. The van der Waals surface area contributed by atoms with Gasteiger partial charge in [0.05, 0.1) is 24.7 Å². The summed E-state index contributed by atoms with van der Waals surface area (Å²) in [5.41, 5.74) is 4.06. The zero-order valence-electron chi connectivity index (χ0n) is 31.9. The standard InChI is InChI=1S/C46H44FN7O3/c1-3-56-37-22-19-32(20-23-37)29-42(55)50-43-39-30-36(49-44-40(47)31-48-45(51-44)57-38-25-27-53(2)28-26-38)21-24-41(39)54(52-43)46(33-13-7-4-8-14-33,34-15-9-5-10-16-34)35-17-11-6-12-18-35/h4-24,30-31,38H,3,25-29H2,1-2H3,(H,48,49,51)(H,50,52,55). The molecule has 7 aromatic rings. The summed E-state index contributed by atoms with van der Waals surface area (Å²) in [6, 6.07) is 43.9. The Balaban J connectivity index is 1.24. The maximum atomic E-state index is 15.3. The van der Waals surface area contributed by atoms with E-state index in [1.54, 1.807) is 0 Å². The minimum atomic E-state index is -0.964. The van der Waals surface area contributed by atoms with Crippen LogP contribution in [-0.2, 0) is 16.8 Å². The predicted octanol–water partition coefficient (Wildman–Crippen LogP) is 8.60. The normalized spacial score (nSPS) is 13.7. The molecule has 0 saturated carbocycles. The molecule has 10 nitrogen and oxygen atoms in total. The van der Waals surface area contributed by atoms with Crippen LogP contribution in [0.25, 0.3) is 10.9 Å². The van der Waals surface area contributed by atoms with Crippen molar-refractivity contribution >= 4 is 34.1 Å². The molecule has 0 spiro atoms. The van der Waals surface area contributed by atoms with E-state index in [0.717, 1.165) is 65.6 Å². The van der Waals surface area contributed by atoms with Crippen molar-refractivity contribution in [2.45, 2.75) is 37.8 Å². The minimum Gasteiger partial charge on any atom is -0.494 e. The number of rotatable bonds is 13.